The quantitative estimate of drug-likeness (QED) is 0.805. The summed E-state index contributed by atoms with van der Waals surface area (Å²) in [5.74, 6) is -0.379. The van der Waals surface area contributed by atoms with Crippen LogP contribution in [0.25, 0.3) is 0 Å². The fourth-order valence-electron chi connectivity index (χ4n) is 2.11. The predicted octanol–water partition coefficient (Wildman–Crippen LogP) is 2.94. The standard InChI is InChI=1S/C12H15F3N2O2S/c1-2-19-10(18)8-3-5-17(6-4-8)11-16-7-9(20-11)12(13,14)15/h7-8H,2-6H2,1H3. The van der Waals surface area contributed by atoms with E-state index in [1.165, 1.54) is 0 Å². The molecule has 1 aromatic heterocycles. The third-order valence-corrected chi connectivity index (χ3v) is 4.26. The van der Waals surface area contributed by atoms with E-state index in [4.69, 9.17) is 4.74 Å². The topological polar surface area (TPSA) is 42.4 Å². The number of ether oxygens (including phenoxy) is 1. The molecule has 0 spiro atoms. The highest BCUT2D eigenvalue weighted by molar-refractivity contribution is 7.15. The van der Waals surface area contributed by atoms with Crippen molar-refractivity contribution in [1.29, 1.82) is 0 Å². The molecule has 8 heteroatoms. The van der Waals surface area contributed by atoms with E-state index in [-0.39, 0.29) is 11.9 Å². The highest BCUT2D eigenvalue weighted by Crippen LogP contribution is 2.37. The van der Waals surface area contributed by atoms with E-state index in [0.717, 1.165) is 6.20 Å². The van der Waals surface area contributed by atoms with Crippen LogP contribution < -0.4 is 4.90 Å². The van der Waals surface area contributed by atoms with Crippen LogP contribution in [-0.4, -0.2) is 30.6 Å². The predicted molar refractivity (Wildman–Crippen MR) is 68.7 cm³/mol. The number of anilines is 1. The highest BCUT2D eigenvalue weighted by atomic mass is 32.1. The van der Waals surface area contributed by atoms with Crippen LogP contribution in [0.4, 0.5) is 18.3 Å². The summed E-state index contributed by atoms with van der Waals surface area (Å²) in [5, 5.41) is 0.361. The summed E-state index contributed by atoms with van der Waals surface area (Å²) in [6.07, 6.45) is -2.32. The van der Waals surface area contributed by atoms with E-state index in [2.05, 4.69) is 4.98 Å². The first-order valence-electron chi connectivity index (χ1n) is 6.36. The lowest BCUT2D eigenvalue weighted by molar-refractivity contribution is -0.148. The molecule has 0 bridgehead atoms. The van der Waals surface area contributed by atoms with E-state index in [1.807, 2.05) is 0 Å². The molecule has 2 heterocycles. The van der Waals surface area contributed by atoms with Crippen LogP contribution >= 0.6 is 11.3 Å². The van der Waals surface area contributed by atoms with Crippen LogP contribution in [0, 0.1) is 5.92 Å². The number of piperidine rings is 1. The summed E-state index contributed by atoms with van der Waals surface area (Å²) in [6.45, 7) is 3.14. The van der Waals surface area contributed by atoms with Crippen molar-refractivity contribution in [1.82, 2.24) is 4.98 Å². The van der Waals surface area contributed by atoms with E-state index in [9.17, 15) is 18.0 Å². The molecule has 1 saturated heterocycles. The van der Waals surface area contributed by atoms with Gasteiger partial charge in [0.15, 0.2) is 5.13 Å². The Balaban J connectivity index is 1.94. The minimum Gasteiger partial charge on any atom is -0.466 e. The van der Waals surface area contributed by atoms with Gasteiger partial charge in [-0.25, -0.2) is 4.98 Å². The van der Waals surface area contributed by atoms with Crippen LogP contribution in [0.2, 0.25) is 0 Å². The summed E-state index contributed by atoms with van der Waals surface area (Å²) >= 11 is 0.640. The van der Waals surface area contributed by atoms with Crippen LogP contribution in [0.15, 0.2) is 6.20 Å². The van der Waals surface area contributed by atoms with Crippen molar-refractivity contribution in [2.45, 2.75) is 25.9 Å². The number of hydrogen-bond acceptors (Lipinski definition) is 5. The van der Waals surface area contributed by atoms with Gasteiger partial charge >= 0.3 is 12.1 Å². The summed E-state index contributed by atoms with van der Waals surface area (Å²) in [7, 11) is 0. The number of alkyl halides is 3. The number of rotatable bonds is 3. The SMILES string of the molecule is CCOC(=O)C1CCN(c2ncc(C(F)(F)F)s2)CC1. The van der Waals surface area contributed by atoms with Crippen molar-refractivity contribution in [3.05, 3.63) is 11.1 Å². The first kappa shape index (κ1) is 15.1. The minimum atomic E-state index is -4.35. The third kappa shape index (κ3) is 3.41. The molecule has 20 heavy (non-hydrogen) atoms. The molecule has 0 amide bonds. The average Bonchev–Trinajstić information content (AvgIpc) is 2.89. The van der Waals surface area contributed by atoms with Crippen molar-refractivity contribution in [2.24, 2.45) is 5.92 Å². The number of esters is 1. The molecule has 0 N–H and O–H groups in total. The largest absolute Gasteiger partial charge is 0.466 e. The van der Waals surface area contributed by atoms with Gasteiger partial charge in [0.1, 0.15) is 4.88 Å². The molecule has 0 aliphatic carbocycles. The van der Waals surface area contributed by atoms with Crippen LogP contribution in [0.3, 0.4) is 0 Å². The lowest BCUT2D eigenvalue weighted by Gasteiger charge is -2.30. The molecular formula is C12H15F3N2O2S. The average molecular weight is 308 g/mol. The molecule has 4 nitrogen and oxygen atoms in total. The zero-order valence-corrected chi connectivity index (χ0v) is 11.8. The van der Waals surface area contributed by atoms with Gasteiger partial charge in [0.2, 0.25) is 0 Å². The van der Waals surface area contributed by atoms with Gasteiger partial charge < -0.3 is 9.64 Å². The first-order chi connectivity index (χ1) is 9.41. The minimum absolute atomic E-state index is 0.159. The van der Waals surface area contributed by atoms with Gasteiger partial charge in [0.05, 0.1) is 18.7 Å². The number of carbonyl (C=O) groups is 1. The highest BCUT2D eigenvalue weighted by Gasteiger charge is 2.34. The van der Waals surface area contributed by atoms with Gasteiger partial charge in [0, 0.05) is 13.1 Å². The number of hydrogen-bond donors (Lipinski definition) is 0. The molecular weight excluding hydrogens is 293 g/mol. The maximum atomic E-state index is 12.5. The van der Waals surface area contributed by atoms with Gasteiger partial charge in [0.25, 0.3) is 0 Å². The van der Waals surface area contributed by atoms with Gasteiger partial charge in [-0.3, -0.25) is 4.79 Å². The smallest absolute Gasteiger partial charge is 0.427 e. The third-order valence-electron chi connectivity index (χ3n) is 3.16. The Morgan fingerprint density at radius 3 is 2.65 bits per heavy atom. The number of aromatic nitrogens is 1. The van der Waals surface area contributed by atoms with Crippen molar-refractivity contribution in [2.75, 3.05) is 24.6 Å². The Kier molecular flexibility index (Phi) is 4.52. The summed E-state index contributed by atoms with van der Waals surface area (Å²) < 4.78 is 42.5. The van der Waals surface area contributed by atoms with E-state index in [0.29, 0.717) is 49.0 Å². The zero-order valence-electron chi connectivity index (χ0n) is 10.9. The van der Waals surface area contributed by atoms with E-state index in [1.54, 1.807) is 11.8 Å². The Morgan fingerprint density at radius 1 is 1.50 bits per heavy atom. The maximum absolute atomic E-state index is 12.5. The van der Waals surface area contributed by atoms with Crippen molar-refractivity contribution >= 4 is 22.4 Å². The van der Waals surface area contributed by atoms with Crippen LogP contribution in [-0.2, 0) is 15.7 Å². The number of halogens is 3. The second-order valence-electron chi connectivity index (χ2n) is 4.52. The van der Waals surface area contributed by atoms with Gasteiger partial charge in [-0.2, -0.15) is 13.2 Å². The molecule has 1 fully saturated rings. The van der Waals surface area contributed by atoms with Crippen molar-refractivity contribution < 1.29 is 22.7 Å². The van der Waals surface area contributed by atoms with Crippen LogP contribution in [0.5, 0.6) is 0 Å². The van der Waals surface area contributed by atoms with Crippen LogP contribution in [0.1, 0.15) is 24.6 Å². The van der Waals surface area contributed by atoms with Gasteiger partial charge in [-0.15, -0.1) is 0 Å². The molecule has 0 aromatic carbocycles. The molecule has 1 aliphatic heterocycles. The monoisotopic (exact) mass is 308 g/mol. The number of thiazole rings is 1. The Hall–Kier alpha value is -1.31. The van der Waals surface area contributed by atoms with E-state index >= 15 is 0 Å². The summed E-state index contributed by atoms with van der Waals surface area (Å²) in [4.78, 5) is 16.5. The Labute approximate surface area is 118 Å². The van der Waals surface area contributed by atoms with E-state index < -0.39 is 11.1 Å². The summed E-state index contributed by atoms with van der Waals surface area (Å²) in [5.41, 5.74) is 0. The number of carbonyl (C=O) groups excluding carboxylic acids is 1. The summed E-state index contributed by atoms with van der Waals surface area (Å²) in [6, 6.07) is 0. The van der Waals surface area contributed by atoms with Gasteiger partial charge in [-0.05, 0) is 19.8 Å². The lowest BCUT2D eigenvalue weighted by atomic mass is 9.97. The zero-order chi connectivity index (χ0) is 14.8. The Morgan fingerprint density at radius 2 is 2.15 bits per heavy atom. The second kappa shape index (κ2) is 5.99. The molecule has 0 unspecified atom stereocenters. The molecule has 0 radical (unpaired) electrons. The molecule has 1 aromatic rings. The Bertz CT molecular complexity index is 468. The fourth-order valence-corrected chi connectivity index (χ4v) is 2.94. The van der Waals surface area contributed by atoms with Crippen molar-refractivity contribution in [3.63, 3.8) is 0 Å². The second-order valence-corrected chi connectivity index (χ2v) is 5.53. The fraction of sp³-hybridized carbons (Fsp3) is 0.667. The number of nitrogens with zero attached hydrogens (tertiary/aromatic N) is 2. The lowest BCUT2D eigenvalue weighted by Crippen LogP contribution is -2.36. The normalized spacial score (nSPS) is 17.3. The molecule has 2 rings (SSSR count). The van der Waals surface area contributed by atoms with Crippen molar-refractivity contribution in [3.8, 4) is 0 Å². The van der Waals surface area contributed by atoms with Gasteiger partial charge in [-0.1, -0.05) is 11.3 Å². The molecule has 0 atom stereocenters. The molecule has 1 aliphatic rings. The maximum Gasteiger partial charge on any atom is 0.427 e. The molecule has 112 valence electrons. The first-order valence-corrected chi connectivity index (χ1v) is 7.18. The molecule has 0 saturated carbocycles.